The van der Waals surface area contributed by atoms with Gasteiger partial charge in [-0.05, 0) is 77.6 Å². The predicted octanol–water partition coefficient (Wildman–Crippen LogP) is 3.35. The van der Waals surface area contributed by atoms with Gasteiger partial charge in [0.2, 0.25) is 0 Å². The minimum absolute atomic E-state index is 0.214. The molecule has 0 aliphatic carbocycles. The number of terminal acetylenes is 1. The number of methoxy groups -OCH3 is 1. The molecular formula is C40H57N3O10. The van der Waals surface area contributed by atoms with Gasteiger partial charge >= 0.3 is 12.1 Å². The molecule has 3 fully saturated rings. The number of cyclic esters (lactones) is 1. The molecule has 4 aliphatic heterocycles. The Morgan fingerprint density at radius 2 is 1.79 bits per heavy atom. The second-order valence-electron chi connectivity index (χ2n) is 15.7. The monoisotopic (exact) mass is 739 g/mol. The molecule has 0 unspecified atom stereocenters. The summed E-state index contributed by atoms with van der Waals surface area (Å²) in [6.45, 7) is 13.2. The van der Waals surface area contributed by atoms with E-state index in [2.05, 4.69) is 5.92 Å². The van der Waals surface area contributed by atoms with Gasteiger partial charge in [-0.1, -0.05) is 38.8 Å². The summed E-state index contributed by atoms with van der Waals surface area (Å²) in [5.74, 6) is -1.21. The van der Waals surface area contributed by atoms with Crippen molar-refractivity contribution in [1.82, 2.24) is 9.80 Å². The van der Waals surface area contributed by atoms with E-state index in [0.717, 1.165) is 11.1 Å². The molecule has 1 aromatic carbocycles. The third-order valence-electron chi connectivity index (χ3n) is 12.0. The number of aliphatic hydroxyl groups is 2. The molecule has 13 heteroatoms. The number of likely N-dealkylation sites (N-methyl/N-ethyl adjacent to an activating group) is 1. The van der Waals surface area contributed by atoms with Crippen LogP contribution >= 0.6 is 0 Å². The van der Waals surface area contributed by atoms with Crippen molar-refractivity contribution < 1.29 is 48.3 Å². The zero-order chi connectivity index (χ0) is 39.0. The van der Waals surface area contributed by atoms with Gasteiger partial charge in [0.05, 0.1) is 24.4 Å². The second kappa shape index (κ2) is 16.2. The Kier molecular flexibility index (Phi) is 12.4. The minimum atomic E-state index is -1.60. The fourth-order valence-electron chi connectivity index (χ4n) is 8.70. The molecule has 0 saturated carbocycles. The fraction of sp³-hybridized carbons (Fsp3) is 0.700. The topological polar surface area (TPSA) is 157 Å². The Bertz CT molecular complexity index is 1580. The van der Waals surface area contributed by atoms with Gasteiger partial charge < -0.3 is 33.9 Å². The molecule has 53 heavy (non-hydrogen) atoms. The standard InChI is InChI=1S/C40H57N3O10/c1-11-26-13-15-27(16-14-26)21-42(9)28-19-23(4)50-37(33(28)45)52-35-24(5)32(44)25(6)36(47)51-29(12-2)40(8)34(46)31-30(22(3)20-39(35,7)49-10)41-17-18-43(31)38(48)53-40/h1,13-16,22-25,28-29,31,33-35,37,45-46H,12,17-21H2,2-10H3/t22-,23-,24+,25-,28+,29-,31+,33+,34-,35-,37+,39-,40-/m1/s1. The predicted molar refractivity (Wildman–Crippen MR) is 196 cm³/mol. The molecule has 2 bridgehead atoms. The van der Waals surface area contributed by atoms with Crippen molar-refractivity contribution in [1.29, 1.82) is 0 Å². The van der Waals surface area contributed by atoms with E-state index in [9.17, 15) is 24.6 Å². The van der Waals surface area contributed by atoms with Crippen LogP contribution in [0.1, 0.15) is 78.9 Å². The number of Topliss-reactive ketones (excluding diaryl/α,β-unsaturated/α-hetero) is 1. The molecule has 1 aromatic rings. The molecule has 1 amide bonds. The van der Waals surface area contributed by atoms with Crippen LogP contribution < -0.4 is 0 Å². The number of nitrogens with zero attached hydrogens (tertiary/aromatic N) is 3. The summed E-state index contributed by atoms with van der Waals surface area (Å²) >= 11 is 0. The normalized spacial score (nSPS) is 39.8. The van der Waals surface area contributed by atoms with E-state index in [-0.39, 0.29) is 37.5 Å². The minimum Gasteiger partial charge on any atom is -0.457 e. The molecule has 292 valence electrons. The lowest BCUT2D eigenvalue weighted by molar-refractivity contribution is -0.296. The van der Waals surface area contributed by atoms with Crippen molar-refractivity contribution in [3.05, 3.63) is 35.4 Å². The SMILES string of the molecule is C#Cc1ccc(CN(C)[C@H]2C[C@@H](C)O[C@@H](O[C@@H]3[C@@H](C)C(=O)[C@@H](C)C(=O)O[C@H](CC)[C@@]4(C)OC(=O)N5CCN=C([C@H](C)C[C@@]3(C)OC)[C@H]5[C@H]4O)[C@H]2O)cc1. The van der Waals surface area contributed by atoms with Gasteiger partial charge in [-0.25, -0.2) is 4.79 Å². The van der Waals surface area contributed by atoms with Crippen molar-refractivity contribution in [2.45, 2.75) is 134 Å². The van der Waals surface area contributed by atoms with Gasteiger partial charge in [0, 0.05) is 43.4 Å². The Morgan fingerprint density at radius 3 is 2.42 bits per heavy atom. The average Bonchev–Trinajstić information content (AvgIpc) is 3.14. The maximum atomic E-state index is 14.3. The smallest absolute Gasteiger partial charge is 0.411 e. The summed E-state index contributed by atoms with van der Waals surface area (Å²) in [6, 6.07) is 6.47. The molecule has 13 nitrogen and oxygen atoms in total. The third-order valence-corrected chi connectivity index (χ3v) is 12.0. The van der Waals surface area contributed by atoms with Gasteiger partial charge in [0.25, 0.3) is 0 Å². The van der Waals surface area contributed by atoms with Crippen LogP contribution in [0.2, 0.25) is 0 Å². The number of amides is 1. The zero-order valence-electron chi connectivity index (χ0n) is 32.5. The first-order valence-electron chi connectivity index (χ1n) is 18.8. The van der Waals surface area contributed by atoms with Gasteiger partial charge in [0.15, 0.2) is 17.7 Å². The molecule has 2 N–H and O–H groups in total. The number of fused-ring (bicyclic) bond motifs is 1. The highest BCUT2D eigenvalue weighted by atomic mass is 16.7. The first kappa shape index (κ1) is 40.8. The summed E-state index contributed by atoms with van der Waals surface area (Å²) < 4.78 is 31.0. The van der Waals surface area contributed by atoms with Crippen molar-refractivity contribution in [2.24, 2.45) is 22.7 Å². The van der Waals surface area contributed by atoms with Crippen LogP contribution in [0.25, 0.3) is 0 Å². The first-order chi connectivity index (χ1) is 25.0. The highest BCUT2D eigenvalue weighted by molar-refractivity contribution is 6.00. The summed E-state index contributed by atoms with van der Waals surface area (Å²) in [5.41, 5.74) is -0.447. The number of hydrogen-bond donors (Lipinski definition) is 2. The van der Waals surface area contributed by atoms with Crippen LogP contribution in [0.15, 0.2) is 29.3 Å². The fourth-order valence-corrected chi connectivity index (χ4v) is 8.70. The number of esters is 1. The van der Waals surface area contributed by atoms with Gasteiger partial charge in [-0.2, -0.15) is 0 Å². The maximum absolute atomic E-state index is 14.3. The quantitative estimate of drug-likeness (QED) is 0.240. The van der Waals surface area contributed by atoms with E-state index in [4.69, 9.17) is 35.1 Å². The number of carbonyl (C=O) groups is 3. The molecule has 4 heterocycles. The number of aliphatic hydroxyl groups excluding tert-OH is 2. The third kappa shape index (κ3) is 7.90. The first-order valence-corrected chi connectivity index (χ1v) is 18.8. The Hall–Kier alpha value is -3.38. The summed E-state index contributed by atoms with van der Waals surface area (Å²) in [7, 11) is 3.45. The van der Waals surface area contributed by atoms with Crippen molar-refractivity contribution >= 4 is 23.6 Å². The van der Waals surface area contributed by atoms with Crippen molar-refractivity contribution in [3.63, 3.8) is 0 Å². The molecule has 0 aromatic heterocycles. The lowest BCUT2D eigenvalue weighted by Gasteiger charge is -2.52. The van der Waals surface area contributed by atoms with E-state index in [1.54, 1.807) is 20.8 Å². The van der Waals surface area contributed by atoms with Gasteiger partial charge in [0.1, 0.15) is 30.3 Å². The molecule has 5 rings (SSSR count). The number of rotatable bonds is 7. The van der Waals surface area contributed by atoms with Crippen LogP contribution in [0.3, 0.4) is 0 Å². The number of hydrogen-bond acceptors (Lipinski definition) is 12. The highest BCUT2D eigenvalue weighted by Gasteiger charge is 2.59. The van der Waals surface area contributed by atoms with E-state index in [1.165, 1.54) is 18.9 Å². The second-order valence-corrected chi connectivity index (χ2v) is 15.7. The van der Waals surface area contributed by atoms with E-state index in [1.807, 2.05) is 57.0 Å². The lowest BCUT2D eigenvalue weighted by Crippen LogP contribution is -2.71. The maximum Gasteiger partial charge on any atom is 0.411 e. The number of ketones is 1. The van der Waals surface area contributed by atoms with Crippen LogP contribution in [0, 0.1) is 30.1 Å². The van der Waals surface area contributed by atoms with Gasteiger partial charge in [-0.3, -0.25) is 24.4 Å². The molecule has 13 atom stereocenters. The highest BCUT2D eigenvalue weighted by Crippen LogP contribution is 2.41. The Morgan fingerprint density at radius 1 is 1.11 bits per heavy atom. The van der Waals surface area contributed by atoms with Crippen molar-refractivity contribution in [3.8, 4) is 12.3 Å². The zero-order valence-corrected chi connectivity index (χ0v) is 32.5. The number of carbonyl (C=O) groups excluding carboxylic acids is 3. The summed E-state index contributed by atoms with van der Waals surface area (Å²) in [5, 5.41) is 23.8. The molecule has 3 saturated heterocycles. The molecule has 0 radical (unpaired) electrons. The Balaban J connectivity index is 1.51. The van der Waals surface area contributed by atoms with Crippen molar-refractivity contribution in [2.75, 3.05) is 27.2 Å². The van der Waals surface area contributed by atoms with Crippen LogP contribution in [0.4, 0.5) is 4.79 Å². The van der Waals surface area contributed by atoms with Crippen LogP contribution in [-0.2, 0) is 39.8 Å². The van der Waals surface area contributed by atoms with Crippen LogP contribution in [0.5, 0.6) is 0 Å². The van der Waals surface area contributed by atoms with E-state index >= 15 is 0 Å². The summed E-state index contributed by atoms with van der Waals surface area (Å²) in [4.78, 5) is 49.9. The van der Waals surface area contributed by atoms with E-state index in [0.29, 0.717) is 25.2 Å². The number of ether oxygens (including phenoxy) is 5. The van der Waals surface area contributed by atoms with Crippen LogP contribution in [-0.4, -0.2) is 131 Å². The summed E-state index contributed by atoms with van der Waals surface area (Å²) in [6.07, 6.45) is -0.0505. The molecule has 4 aliphatic rings. The van der Waals surface area contributed by atoms with Gasteiger partial charge in [-0.15, -0.1) is 6.42 Å². The largest absolute Gasteiger partial charge is 0.457 e. The number of benzene rings is 1. The average molecular weight is 740 g/mol. The number of aliphatic imine (C=N–C) groups is 1. The Labute approximate surface area is 313 Å². The molecular weight excluding hydrogens is 682 g/mol. The lowest BCUT2D eigenvalue weighted by atomic mass is 9.74. The van der Waals surface area contributed by atoms with E-state index < -0.39 is 77.6 Å². The molecule has 0 spiro atoms.